The molecule has 2 rings (SSSR count). The molecule has 116 valence electrons. The van der Waals surface area contributed by atoms with Gasteiger partial charge in [0.25, 0.3) is 0 Å². The molecule has 22 heavy (non-hydrogen) atoms. The molecule has 0 amide bonds. The zero-order valence-corrected chi connectivity index (χ0v) is 13.0. The van der Waals surface area contributed by atoms with Crippen LogP contribution in [0.1, 0.15) is 41.5 Å². The van der Waals surface area contributed by atoms with E-state index >= 15 is 0 Å². The molecule has 0 fully saturated rings. The van der Waals surface area contributed by atoms with Gasteiger partial charge >= 0.3 is 5.97 Å². The number of ether oxygens (including phenoxy) is 1. The number of benzene rings is 1. The Labute approximate surface area is 128 Å². The number of nitrogens with zero attached hydrogens (tertiary/aromatic N) is 1. The van der Waals surface area contributed by atoms with E-state index in [-0.39, 0.29) is 17.3 Å². The largest absolute Gasteiger partial charge is 0.494 e. The first kappa shape index (κ1) is 15.9. The molecule has 0 bridgehead atoms. The van der Waals surface area contributed by atoms with Crippen LogP contribution in [0.15, 0.2) is 24.3 Å². The van der Waals surface area contributed by atoms with Crippen LogP contribution in [0.2, 0.25) is 0 Å². The van der Waals surface area contributed by atoms with Crippen LogP contribution in [0.4, 0.5) is 4.39 Å². The number of rotatable bonds is 4. The number of aromatic carboxylic acids is 1. The van der Waals surface area contributed by atoms with Gasteiger partial charge in [-0.2, -0.15) is 0 Å². The zero-order valence-electron chi connectivity index (χ0n) is 13.0. The number of hydrogen-bond donors (Lipinski definition) is 1. The van der Waals surface area contributed by atoms with E-state index < -0.39 is 5.97 Å². The van der Waals surface area contributed by atoms with Crippen molar-refractivity contribution in [3.63, 3.8) is 0 Å². The van der Waals surface area contributed by atoms with Crippen molar-refractivity contribution in [2.75, 3.05) is 7.11 Å². The molecule has 5 heteroatoms. The van der Waals surface area contributed by atoms with Crippen molar-refractivity contribution in [2.24, 2.45) is 0 Å². The second-order valence-corrected chi connectivity index (χ2v) is 5.33. The van der Waals surface area contributed by atoms with Crippen molar-refractivity contribution in [1.82, 2.24) is 4.98 Å². The molecule has 0 radical (unpaired) electrons. The average molecular weight is 303 g/mol. The van der Waals surface area contributed by atoms with E-state index in [1.165, 1.54) is 19.2 Å². The highest BCUT2D eigenvalue weighted by Crippen LogP contribution is 2.38. The van der Waals surface area contributed by atoms with Gasteiger partial charge < -0.3 is 9.84 Å². The number of carboxylic acids is 1. The third-order valence-corrected chi connectivity index (χ3v) is 3.45. The van der Waals surface area contributed by atoms with Gasteiger partial charge in [0, 0.05) is 5.56 Å². The summed E-state index contributed by atoms with van der Waals surface area (Å²) >= 11 is 0. The Kier molecular flexibility index (Phi) is 4.45. The summed E-state index contributed by atoms with van der Waals surface area (Å²) in [6, 6.07) is 5.68. The molecule has 0 atom stereocenters. The summed E-state index contributed by atoms with van der Waals surface area (Å²) in [6.07, 6.45) is 0. The molecule has 0 unspecified atom stereocenters. The van der Waals surface area contributed by atoms with E-state index in [2.05, 4.69) is 4.98 Å². The SMILES string of the molecule is COc1c(C)nc(C(C)C)c(C(=O)O)c1-c1ccc(F)cc1. The molecule has 1 heterocycles. The van der Waals surface area contributed by atoms with E-state index in [4.69, 9.17) is 4.74 Å². The van der Waals surface area contributed by atoms with Crippen molar-refractivity contribution in [1.29, 1.82) is 0 Å². The molecular formula is C17H18FNO3. The number of methoxy groups -OCH3 is 1. The number of aromatic nitrogens is 1. The normalized spacial score (nSPS) is 10.8. The Morgan fingerprint density at radius 3 is 2.32 bits per heavy atom. The van der Waals surface area contributed by atoms with Crippen molar-refractivity contribution >= 4 is 5.97 Å². The topological polar surface area (TPSA) is 59.4 Å². The van der Waals surface area contributed by atoms with Crippen LogP contribution < -0.4 is 4.74 Å². The van der Waals surface area contributed by atoms with Gasteiger partial charge in [0.1, 0.15) is 11.6 Å². The lowest BCUT2D eigenvalue weighted by molar-refractivity contribution is 0.0695. The fraction of sp³-hybridized carbons (Fsp3) is 0.294. The summed E-state index contributed by atoms with van der Waals surface area (Å²) < 4.78 is 18.5. The number of hydrogen-bond acceptors (Lipinski definition) is 3. The van der Waals surface area contributed by atoms with Gasteiger partial charge in [0.05, 0.1) is 24.1 Å². The summed E-state index contributed by atoms with van der Waals surface area (Å²) in [6.45, 7) is 5.54. The van der Waals surface area contributed by atoms with Gasteiger partial charge in [-0.15, -0.1) is 0 Å². The smallest absolute Gasteiger partial charge is 0.338 e. The van der Waals surface area contributed by atoms with Gasteiger partial charge in [-0.25, -0.2) is 9.18 Å². The first-order valence-corrected chi connectivity index (χ1v) is 6.94. The highest BCUT2D eigenvalue weighted by Gasteiger charge is 2.25. The Bertz CT molecular complexity index is 709. The standard InChI is InChI=1S/C17H18FNO3/c1-9(2)15-14(17(20)21)13(16(22-4)10(3)19-15)11-5-7-12(18)8-6-11/h5-9H,1-4H3,(H,20,21). The second kappa shape index (κ2) is 6.13. The molecule has 1 aromatic heterocycles. The van der Waals surface area contributed by atoms with E-state index in [1.807, 2.05) is 13.8 Å². The molecule has 0 aliphatic carbocycles. The summed E-state index contributed by atoms with van der Waals surface area (Å²) in [5, 5.41) is 9.65. The molecule has 0 aliphatic heterocycles. The van der Waals surface area contributed by atoms with Crippen molar-refractivity contribution in [2.45, 2.75) is 26.7 Å². The minimum absolute atomic E-state index is 0.0603. The van der Waals surface area contributed by atoms with Crippen molar-refractivity contribution in [3.05, 3.63) is 47.0 Å². The van der Waals surface area contributed by atoms with Crippen LogP contribution in [-0.2, 0) is 0 Å². The molecule has 1 N–H and O–H groups in total. The monoisotopic (exact) mass is 303 g/mol. The van der Waals surface area contributed by atoms with E-state index in [1.54, 1.807) is 19.1 Å². The average Bonchev–Trinajstić information content (AvgIpc) is 2.46. The minimum Gasteiger partial charge on any atom is -0.494 e. The number of carbonyl (C=O) groups is 1. The Morgan fingerprint density at radius 2 is 1.86 bits per heavy atom. The quantitative estimate of drug-likeness (QED) is 0.926. The fourth-order valence-corrected chi connectivity index (χ4v) is 2.49. The minimum atomic E-state index is -1.08. The van der Waals surface area contributed by atoms with E-state index in [9.17, 15) is 14.3 Å². The zero-order chi connectivity index (χ0) is 16.4. The Balaban J connectivity index is 2.88. The predicted molar refractivity (Wildman–Crippen MR) is 82.0 cm³/mol. The molecule has 1 aromatic carbocycles. The predicted octanol–water partition coefficient (Wildman–Crippen LogP) is 4.03. The number of carboxylic acid groups (broad SMARTS) is 1. The van der Waals surface area contributed by atoms with Gasteiger partial charge in [0.2, 0.25) is 0 Å². The lowest BCUT2D eigenvalue weighted by Crippen LogP contribution is -2.12. The van der Waals surface area contributed by atoms with Crippen LogP contribution in [0, 0.1) is 12.7 Å². The molecule has 0 spiro atoms. The summed E-state index contributed by atoms with van der Waals surface area (Å²) in [5.41, 5.74) is 2.22. The summed E-state index contributed by atoms with van der Waals surface area (Å²) in [5.74, 6) is -1.12. The fourth-order valence-electron chi connectivity index (χ4n) is 2.49. The van der Waals surface area contributed by atoms with Crippen LogP contribution in [0.3, 0.4) is 0 Å². The second-order valence-electron chi connectivity index (χ2n) is 5.33. The highest BCUT2D eigenvalue weighted by atomic mass is 19.1. The maximum Gasteiger partial charge on any atom is 0.338 e. The third kappa shape index (κ3) is 2.79. The first-order chi connectivity index (χ1) is 10.4. The van der Waals surface area contributed by atoms with Crippen LogP contribution >= 0.6 is 0 Å². The molecule has 4 nitrogen and oxygen atoms in total. The summed E-state index contributed by atoms with van der Waals surface area (Å²) in [7, 11) is 1.47. The van der Waals surface area contributed by atoms with Crippen LogP contribution in [0.5, 0.6) is 5.75 Å². The van der Waals surface area contributed by atoms with Gasteiger partial charge in [-0.05, 0) is 30.5 Å². The molecule has 0 saturated carbocycles. The van der Waals surface area contributed by atoms with Gasteiger partial charge in [-0.3, -0.25) is 4.98 Å². The number of aryl methyl sites for hydroxylation is 1. The summed E-state index contributed by atoms with van der Waals surface area (Å²) in [4.78, 5) is 16.2. The van der Waals surface area contributed by atoms with Crippen molar-refractivity contribution < 1.29 is 19.0 Å². The van der Waals surface area contributed by atoms with Gasteiger partial charge in [0.15, 0.2) is 0 Å². The molecule has 2 aromatic rings. The lowest BCUT2D eigenvalue weighted by atomic mass is 9.93. The van der Waals surface area contributed by atoms with Crippen LogP contribution in [0.25, 0.3) is 11.1 Å². The van der Waals surface area contributed by atoms with Crippen molar-refractivity contribution in [3.8, 4) is 16.9 Å². The van der Waals surface area contributed by atoms with Crippen LogP contribution in [-0.4, -0.2) is 23.2 Å². The third-order valence-electron chi connectivity index (χ3n) is 3.45. The molecule has 0 aliphatic rings. The highest BCUT2D eigenvalue weighted by molar-refractivity contribution is 5.99. The lowest BCUT2D eigenvalue weighted by Gasteiger charge is -2.19. The molecule has 0 saturated heterocycles. The van der Waals surface area contributed by atoms with E-state index in [0.29, 0.717) is 28.3 Å². The maximum atomic E-state index is 13.2. The molecular weight excluding hydrogens is 285 g/mol. The van der Waals surface area contributed by atoms with E-state index in [0.717, 1.165) is 0 Å². The first-order valence-electron chi connectivity index (χ1n) is 6.94. The van der Waals surface area contributed by atoms with Gasteiger partial charge in [-0.1, -0.05) is 26.0 Å². The number of pyridine rings is 1. The Morgan fingerprint density at radius 1 is 1.27 bits per heavy atom. The Hall–Kier alpha value is -2.43. The maximum absolute atomic E-state index is 13.2. The number of halogens is 1.